The quantitative estimate of drug-likeness (QED) is 0.832. The molecule has 22 heavy (non-hydrogen) atoms. The maximum absolute atomic E-state index is 11.1. The summed E-state index contributed by atoms with van der Waals surface area (Å²) in [6, 6.07) is 16.1. The van der Waals surface area contributed by atoms with Crippen molar-refractivity contribution < 1.29 is 9.84 Å². The van der Waals surface area contributed by atoms with E-state index < -0.39 is 5.60 Å². The average molecular weight is 315 g/mol. The van der Waals surface area contributed by atoms with Crippen molar-refractivity contribution in [1.82, 2.24) is 5.32 Å². The molecule has 0 heterocycles. The third kappa shape index (κ3) is 2.74. The Morgan fingerprint density at radius 3 is 2.73 bits per heavy atom. The van der Waals surface area contributed by atoms with Crippen LogP contribution in [-0.4, -0.2) is 30.6 Å². The van der Waals surface area contributed by atoms with Gasteiger partial charge in [-0.25, -0.2) is 0 Å². The van der Waals surface area contributed by atoms with E-state index in [0.29, 0.717) is 13.0 Å². The number of aliphatic hydroxyl groups is 1. The molecular weight excluding hydrogens is 294 g/mol. The van der Waals surface area contributed by atoms with Gasteiger partial charge in [0.1, 0.15) is 11.4 Å². The number of hydrogen-bond donors (Lipinski definition) is 2. The molecule has 2 aromatic carbocycles. The number of rotatable bonds is 5. The van der Waals surface area contributed by atoms with Gasteiger partial charge in [0.25, 0.3) is 0 Å². The Balaban J connectivity index is 1.98. The van der Waals surface area contributed by atoms with Crippen molar-refractivity contribution in [2.24, 2.45) is 0 Å². The number of nitrogens with one attached hydrogen (secondary N) is 1. The molecule has 3 rings (SSSR count). The van der Waals surface area contributed by atoms with Gasteiger partial charge in [-0.3, -0.25) is 0 Å². The molecule has 0 amide bonds. The minimum Gasteiger partial charge on any atom is -0.481 e. The largest absolute Gasteiger partial charge is 0.481 e. The molecule has 0 aliphatic heterocycles. The van der Waals surface area contributed by atoms with Crippen molar-refractivity contribution >= 4 is 11.8 Å². The molecule has 0 saturated heterocycles. The number of ether oxygens (including phenoxy) is 1. The van der Waals surface area contributed by atoms with E-state index in [2.05, 4.69) is 17.4 Å². The molecule has 2 N–H and O–H groups in total. The van der Waals surface area contributed by atoms with Gasteiger partial charge in [-0.05, 0) is 36.6 Å². The van der Waals surface area contributed by atoms with Gasteiger partial charge in [0, 0.05) is 17.9 Å². The summed E-state index contributed by atoms with van der Waals surface area (Å²) in [7, 11) is 1.86. The van der Waals surface area contributed by atoms with E-state index in [1.807, 2.05) is 49.7 Å². The Hall–Kier alpha value is -1.49. The third-order valence-corrected chi connectivity index (χ3v) is 4.90. The van der Waals surface area contributed by atoms with Crippen molar-refractivity contribution in [2.45, 2.75) is 23.0 Å². The summed E-state index contributed by atoms with van der Waals surface area (Å²) in [4.78, 5) is 1.08. The highest BCUT2D eigenvalue weighted by Gasteiger charge is 2.46. The van der Waals surface area contributed by atoms with E-state index in [0.717, 1.165) is 21.8 Å². The summed E-state index contributed by atoms with van der Waals surface area (Å²) < 4.78 is 6.28. The molecule has 0 saturated carbocycles. The number of para-hydroxylation sites is 1. The van der Waals surface area contributed by atoms with Crippen molar-refractivity contribution in [3.05, 3.63) is 59.7 Å². The molecule has 1 aliphatic carbocycles. The Morgan fingerprint density at radius 1 is 1.23 bits per heavy atom. The van der Waals surface area contributed by atoms with Gasteiger partial charge >= 0.3 is 0 Å². The van der Waals surface area contributed by atoms with Crippen LogP contribution in [0.5, 0.6) is 5.75 Å². The lowest BCUT2D eigenvalue weighted by molar-refractivity contribution is -0.0494. The van der Waals surface area contributed by atoms with Crippen LogP contribution in [-0.2, 0) is 6.42 Å². The molecular formula is C18H21NO2S. The van der Waals surface area contributed by atoms with Crippen molar-refractivity contribution in [1.29, 1.82) is 0 Å². The van der Waals surface area contributed by atoms with Gasteiger partial charge in [-0.1, -0.05) is 36.4 Å². The standard InChI is InChI=1S/C18H21NO2S/c1-19-12-18(20)11-13-7-3-4-8-14(13)17(18)21-15-9-5-6-10-16(15)22-2/h3-10,17,19-20H,11-12H2,1-2H3/t17-,18+/m0/s1. The fraction of sp³-hybridized carbons (Fsp3) is 0.333. The molecule has 3 nitrogen and oxygen atoms in total. The van der Waals surface area contributed by atoms with Crippen LogP contribution in [0.3, 0.4) is 0 Å². The fourth-order valence-corrected chi connectivity index (χ4v) is 3.67. The predicted molar refractivity (Wildman–Crippen MR) is 90.6 cm³/mol. The van der Waals surface area contributed by atoms with Gasteiger partial charge in [0.2, 0.25) is 0 Å². The van der Waals surface area contributed by atoms with Crippen LogP contribution in [0.25, 0.3) is 0 Å². The minimum atomic E-state index is -0.927. The lowest BCUT2D eigenvalue weighted by atomic mass is 9.97. The van der Waals surface area contributed by atoms with E-state index in [-0.39, 0.29) is 6.10 Å². The Bertz CT molecular complexity index is 661. The van der Waals surface area contributed by atoms with Crippen LogP contribution in [0.2, 0.25) is 0 Å². The molecule has 4 heteroatoms. The van der Waals surface area contributed by atoms with E-state index in [9.17, 15) is 5.11 Å². The number of likely N-dealkylation sites (N-methyl/N-ethyl adjacent to an activating group) is 1. The topological polar surface area (TPSA) is 41.5 Å². The lowest BCUT2D eigenvalue weighted by Crippen LogP contribution is -2.45. The molecule has 0 unspecified atom stereocenters. The smallest absolute Gasteiger partial charge is 0.154 e. The van der Waals surface area contributed by atoms with Crippen LogP contribution >= 0.6 is 11.8 Å². The first-order valence-corrected chi connectivity index (χ1v) is 8.65. The minimum absolute atomic E-state index is 0.357. The number of hydrogen-bond acceptors (Lipinski definition) is 4. The number of fused-ring (bicyclic) bond motifs is 1. The number of thioether (sulfide) groups is 1. The summed E-state index contributed by atoms with van der Waals surface area (Å²) in [5.41, 5.74) is 1.31. The van der Waals surface area contributed by atoms with Crippen LogP contribution in [0.15, 0.2) is 53.4 Å². The van der Waals surface area contributed by atoms with Crippen molar-refractivity contribution in [2.75, 3.05) is 19.8 Å². The zero-order valence-corrected chi connectivity index (χ0v) is 13.7. The summed E-state index contributed by atoms with van der Waals surface area (Å²) in [6.45, 7) is 0.494. The first-order chi connectivity index (χ1) is 10.7. The normalized spacial score (nSPS) is 23.3. The van der Waals surface area contributed by atoms with Gasteiger partial charge in [0.15, 0.2) is 6.10 Å². The number of benzene rings is 2. The first kappa shape index (κ1) is 15.4. The van der Waals surface area contributed by atoms with Crippen LogP contribution in [0, 0.1) is 0 Å². The molecule has 2 atom stereocenters. The average Bonchev–Trinajstić information content (AvgIpc) is 2.80. The summed E-state index contributed by atoms with van der Waals surface area (Å²) in [6.07, 6.45) is 2.28. The van der Waals surface area contributed by atoms with Gasteiger partial charge < -0.3 is 15.2 Å². The fourth-order valence-electron chi connectivity index (χ4n) is 3.14. The zero-order valence-electron chi connectivity index (χ0n) is 12.9. The molecule has 1 aliphatic rings. The Labute approximate surface area is 135 Å². The van der Waals surface area contributed by atoms with Gasteiger partial charge in [-0.2, -0.15) is 0 Å². The summed E-state index contributed by atoms with van der Waals surface area (Å²) in [5.74, 6) is 0.825. The highest BCUT2D eigenvalue weighted by molar-refractivity contribution is 7.98. The second-order valence-electron chi connectivity index (χ2n) is 5.66. The van der Waals surface area contributed by atoms with E-state index in [4.69, 9.17) is 4.74 Å². The lowest BCUT2D eigenvalue weighted by Gasteiger charge is -2.31. The summed E-state index contributed by atoms with van der Waals surface area (Å²) >= 11 is 1.65. The van der Waals surface area contributed by atoms with Crippen molar-refractivity contribution in [3.63, 3.8) is 0 Å². The van der Waals surface area contributed by atoms with E-state index >= 15 is 0 Å². The maximum atomic E-state index is 11.1. The second kappa shape index (κ2) is 6.32. The molecule has 0 radical (unpaired) electrons. The van der Waals surface area contributed by atoms with E-state index in [1.165, 1.54) is 0 Å². The van der Waals surface area contributed by atoms with E-state index in [1.54, 1.807) is 11.8 Å². The highest BCUT2D eigenvalue weighted by Crippen LogP contribution is 2.43. The van der Waals surface area contributed by atoms with Crippen LogP contribution in [0.4, 0.5) is 0 Å². The molecule has 2 aromatic rings. The molecule has 0 bridgehead atoms. The molecule has 0 fully saturated rings. The highest BCUT2D eigenvalue weighted by atomic mass is 32.2. The first-order valence-electron chi connectivity index (χ1n) is 7.42. The predicted octanol–water partition coefficient (Wildman–Crippen LogP) is 3.04. The molecule has 116 valence electrons. The van der Waals surface area contributed by atoms with Crippen LogP contribution in [0.1, 0.15) is 17.2 Å². The maximum Gasteiger partial charge on any atom is 0.154 e. The zero-order chi connectivity index (χ0) is 15.6. The third-order valence-electron chi connectivity index (χ3n) is 4.12. The van der Waals surface area contributed by atoms with Gasteiger partial charge in [-0.15, -0.1) is 11.8 Å². The SMILES string of the molecule is CNC[C@]1(O)Cc2ccccc2[C@@H]1Oc1ccccc1SC. The van der Waals surface area contributed by atoms with Crippen molar-refractivity contribution in [3.8, 4) is 5.75 Å². The monoisotopic (exact) mass is 315 g/mol. The molecule has 0 spiro atoms. The summed E-state index contributed by atoms with van der Waals surface area (Å²) in [5, 5.41) is 14.2. The Kier molecular flexibility index (Phi) is 4.43. The Morgan fingerprint density at radius 2 is 1.95 bits per heavy atom. The second-order valence-corrected chi connectivity index (χ2v) is 6.51. The molecule has 0 aromatic heterocycles. The van der Waals surface area contributed by atoms with Crippen LogP contribution < -0.4 is 10.1 Å². The van der Waals surface area contributed by atoms with Gasteiger partial charge in [0.05, 0.1) is 0 Å².